The lowest BCUT2D eigenvalue weighted by Crippen LogP contribution is -2.34. The van der Waals surface area contributed by atoms with E-state index in [2.05, 4.69) is 17.8 Å². The smallest absolute Gasteiger partial charge is 0.156 e. The molecule has 2 fully saturated rings. The number of amidine groups is 1. The minimum absolute atomic E-state index is 0.616. The Morgan fingerprint density at radius 3 is 2.19 bits per heavy atom. The standard InChI is InChI=1S/C21H39N3S2/c1-25-20(23-18-12-6-3-7-13-18)16-10-5-11-17-22-21(26-2)24-19-14-8-4-9-15-19/h18-19H,3-17H2,1-2H3,(H,22,24). The van der Waals surface area contributed by atoms with E-state index < -0.39 is 0 Å². The molecule has 0 unspecified atom stereocenters. The predicted molar refractivity (Wildman–Crippen MR) is 122 cm³/mol. The molecule has 26 heavy (non-hydrogen) atoms. The van der Waals surface area contributed by atoms with Gasteiger partial charge in [0.25, 0.3) is 0 Å². The van der Waals surface area contributed by atoms with Crippen LogP contribution in [-0.4, -0.2) is 41.4 Å². The zero-order valence-electron chi connectivity index (χ0n) is 17.0. The lowest BCUT2D eigenvalue weighted by atomic mass is 9.96. The molecule has 2 aliphatic carbocycles. The van der Waals surface area contributed by atoms with Crippen molar-refractivity contribution in [1.82, 2.24) is 5.32 Å². The maximum Gasteiger partial charge on any atom is 0.156 e. The van der Waals surface area contributed by atoms with Gasteiger partial charge in [0.1, 0.15) is 0 Å². The lowest BCUT2D eigenvalue weighted by Gasteiger charge is -2.23. The van der Waals surface area contributed by atoms with E-state index in [4.69, 9.17) is 9.98 Å². The van der Waals surface area contributed by atoms with Crippen molar-refractivity contribution >= 4 is 33.7 Å². The van der Waals surface area contributed by atoms with E-state index in [1.54, 1.807) is 11.8 Å². The molecule has 2 aliphatic rings. The third-order valence-electron chi connectivity index (χ3n) is 5.57. The number of aliphatic imine (C=N–C) groups is 2. The number of hydrogen-bond donors (Lipinski definition) is 1. The molecule has 2 rings (SSSR count). The lowest BCUT2D eigenvalue weighted by molar-refractivity contribution is 0.415. The SMILES string of the molecule is CSC(CCCCCN=C(NC1CCCCC1)SC)=NC1CCCCC1. The predicted octanol–water partition coefficient (Wildman–Crippen LogP) is 6.28. The Morgan fingerprint density at radius 1 is 0.846 bits per heavy atom. The molecule has 3 nitrogen and oxygen atoms in total. The van der Waals surface area contributed by atoms with E-state index in [1.807, 2.05) is 11.8 Å². The summed E-state index contributed by atoms with van der Waals surface area (Å²) in [7, 11) is 0. The Kier molecular flexibility index (Phi) is 11.9. The third kappa shape index (κ3) is 9.16. The molecule has 0 aromatic heterocycles. The maximum absolute atomic E-state index is 5.02. The highest BCUT2D eigenvalue weighted by Crippen LogP contribution is 2.22. The molecule has 0 aromatic carbocycles. The molecule has 0 atom stereocenters. The quantitative estimate of drug-likeness (QED) is 0.297. The summed E-state index contributed by atoms with van der Waals surface area (Å²) in [5.41, 5.74) is 0. The van der Waals surface area contributed by atoms with Gasteiger partial charge in [0.05, 0.1) is 11.1 Å². The Labute approximate surface area is 170 Å². The van der Waals surface area contributed by atoms with E-state index in [-0.39, 0.29) is 0 Å². The molecule has 0 saturated heterocycles. The van der Waals surface area contributed by atoms with E-state index in [0.717, 1.165) is 18.1 Å². The molecular weight excluding hydrogens is 358 g/mol. The van der Waals surface area contributed by atoms with Gasteiger partial charge >= 0.3 is 0 Å². The van der Waals surface area contributed by atoms with Crippen molar-refractivity contribution in [3.8, 4) is 0 Å². The van der Waals surface area contributed by atoms with Crippen LogP contribution in [0.5, 0.6) is 0 Å². The zero-order valence-corrected chi connectivity index (χ0v) is 18.6. The van der Waals surface area contributed by atoms with Crippen molar-refractivity contribution < 1.29 is 0 Å². The fraction of sp³-hybridized carbons (Fsp3) is 0.905. The second kappa shape index (κ2) is 13.9. The van der Waals surface area contributed by atoms with Gasteiger partial charge in [0.15, 0.2) is 5.17 Å². The van der Waals surface area contributed by atoms with Crippen LogP contribution in [0.15, 0.2) is 9.98 Å². The van der Waals surface area contributed by atoms with E-state index >= 15 is 0 Å². The first-order chi connectivity index (χ1) is 12.8. The van der Waals surface area contributed by atoms with Crippen LogP contribution in [0.1, 0.15) is 89.9 Å². The van der Waals surface area contributed by atoms with Crippen LogP contribution in [0.3, 0.4) is 0 Å². The number of rotatable bonds is 8. The Morgan fingerprint density at radius 2 is 1.54 bits per heavy atom. The summed E-state index contributed by atoms with van der Waals surface area (Å²) in [4.78, 5) is 9.82. The number of nitrogens with zero attached hydrogens (tertiary/aromatic N) is 2. The van der Waals surface area contributed by atoms with Crippen molar-refractivity contribution in [2.45, 2.75) is 102 Å². The molecule has 0 radical (unpaired) electrons. The number of hydrogen-bond acceptors (Lipinski definition) is 4. The second-order valence-electron chi connectivity index (χ2n) is 7.70. The van der Waals surface area contributed by atoms with Gasteiger partial charge in [-0.3, -0.25) is 9.98 Å². The monoisotopic (exact) mass is 397 g/mol. The number of thioether (sulfide) groups is 2. The summed E-state index contributed by atoms with van der Waals surface area (Å²) >= 11 is 3.64. The van der Waals surface area contributed by atoms with Crippen LogP contribution < -0.4 is 5.32 Å². The zero-order chi connectivity index (χ0) is 18.5. The first-order valence-corrected chi connectivity index (χ1v) is 13.2. The summed E-state index contributed by atoms with van der Waals surface area (Å²) in [6.07, 6.45) is 22.8. The van der Waals surface area contributed by atoms with Crippen LogP contribution in [0.4, 0.5) is 0 Å². The Balaban J connectivity index is 1.59. The molecule has 0 bridgehead atoms. The molecule has 150 valence electrons. The van der Waals surface area contributed by atoms with E-state index in [1.165, 1.54) is 88.5 Å². The third-order valence-corrected chi connectivity index (χ3v) is 6.98. The van der Waals surface area contributed by atoms with Gasteiger partial charge in [-0.05, 0) is 57.5 Å². The van der Waals surface area contributed by atoms with Crippen LogP contribution in [0, 0.1) is 0 Å². The molecule has 0 spiro atoms. The summed E-state index contributed by atoms with van der Waals surface area (Å²) in [5.74, 6) is 0. The van der Waals surface area contributed by atoms with Crippen LogP contribution in [0.25, 0.3) is 0 Å². The molecule has 0 heterocycles. The highest BCUT2D eigenvalue weighted by molar-refractivity contribution is 8.13. The van der Waals surface area contributed by atoms with Crippen LogP contribution in [0.2, 0.25) is 0 Å². The molecule has 1 N–H and O–H groups in total. The first-order valence-electron chi connectivity index (χ1n) is 10.8. The highest BCUT2D eigenvalue weighted by atomic mass is 32.2. The summed E-state index contributed by atoms with van der Waals surface area (Å²) < 4.78 is 0. The largest absolute Gasteiger partial charge is 0.362 e. The molecular formula is C21H39N3S2. The average Bonchev–Trinajstić information content (AvgIpc) is 2.70. The molecule has 0 amide bonds. The van der Waals surface area contributed by atoms with Crippen LogP contribution >= 0.6 is 23.5 Å². The summed E-state index contributed by atoms with van der Waals surface area (Å²) in [6.45, 7) is 0.963. The second-order valence-corrected chi connectivity index (χ2v) is 9.37. The number of nitrogens with one attached hydrogen (secondary N) is 1. The Hall–Kier alpha value is -0.160. The summed E-state index contributed by atoms with van der Waals surface area (Å²) in [6, 6.07) is 1.28. The molecule has 5 heteroatoms. The topological polar surface area (TPSA) is 36.8 Å². The molecule has 0 aromatic rings. The Bertz CT molecular complexity index is 425. The fourth-order valence-corrected chi connectivity index (χ4v) is 5.08. The van der Waals surface area contributed by atoms with E-state index in [9.17, 15) is 0 Å². The van der Waals surface area contributed by atoms with Gasteiger partial charge in [0, 0.05) is 12.6 Å². The number of unbranched alkanes of at least 4 members (excludes halogenated alkanes) is 2. The van der Waals surface area contributed by atoms with Gasteiger partial charge in [-0.15, -0.1) is 11.8 Å². The van der Waals surface area contributed by atoms with Gasteiger partial charge in [-0.1, -0.05) is 56.7 Å². The van der Waals surface area contributed by atoms with Gasteiger partial charge in [-0.2, -0.15) is 0 Å². The van der Waals surface area contributed by atoms with Gasteiger partial charge in [0.2, 0.25) is 0 Å². The minimum Gasteiger partial charge on any atom is -0.362 e. The summed E-state index contributed by atoms with van der Waals surface area (Å²) in [5, 5.41) is 6.19. The van der Waals surface area contributed by atoms with Crippen molar-refractivity contribution in [3.63, 3.8) is 0 Å². The van der Waals surface area contributed by atoms with Crippen molar-refractivity contribution in [1.29, 1.82) is 0 Å². The van der Waals surface area contributed by atoms with E-state index in [0.29, 0.717) is 12.1 Å². The normalized spacial score (nSPS) is 21.2. The van der Waals surface area contributed by atoms with Gasteiger partial charge in [-0.25, -0.2) is 0 Å². The highest BCUT2D eigenvalue weighted by Gasteiger charge is 2.14. The minimum atomic E-state index is 0.616. The van der Waals surface area contributed by atoms with Crippen molar-refractivity contribution in [3.05, 3.63) is 0 Å². The maximum atomic E-state index is 5.02. The van der Waals surface area contributed by atoms with Crippen molar-refractivity contribution in [2.75, 3.05) is 19.1 Å². The van der Waals surface area contributed by atoms with Crippen LogP contribution in [-0.2, 0) is 0 Å². The molecule has 2 saturated carbocycles. The fourth-order valence-electron chi connectivity index (χ4n) is 3.97. The molecule has 0 aliphatic heterocycles. The van der Waals surface area contributed by atoms with Gasteiger partial charge < -0.3 is 5.32 Å². The average molecular weight is 398 g/mol. The first kappa shape index (κ1) is 22.1. The van der Waals surface area contributed by atoms with Crippen molar-refractivity contribution in [2.24, 2.45) is 9.98 Å².